The number of halogens is 1. The van der Waals surface area contributed by atoms with Crippen molar-refractivity contribution in [2.75, 3.05) is 19.6 Å². The smallest absolute Gasteiger partial charge is 0.270 e. The predicted octanol–water partition coefficient (Wildman–Crippen LogP) is 2.31. The number of aryl methyl sites for hydroxylation is 1. The van der Waals surface area contributed by atoms with Gasteiger partial charge in [0.25, 0.3) is 5.69 Å². The van der Waals surface area contributed by atoms with Crippen LogP contribution in [0.4, 0.5) is 5.69 Å². The van der Waals surface area contributed by atoms with E-state index in [1.807, 2.05) is 13.0 Å². The van der Waals surface area contributed by atoms with Crippen molar-refractivity contribution in [2.45, 2.75) is 24.3 Å². The molecule has 3 rings (SSSR count). The maximum absolute atomic E-state index is 13.4. The Morgan fingerprint density at radius 1 is 1.37 bits per heavy atom. The number of aromatic nitrogens is 1. The normalized spacial score (nSPS) is 17.9. The zero-order valence-electron chi connectivity index (χ0n) is 14.7. The van der Waals surface area contributed by atoms with Crippen LogP contribution in [0.1, 0.15) is 24.1 Å². The Hall–Kier alpha value is -2.07. The SMILES string of the molecule is CCc1ccc([N+](=O)[O-])cc1S(=O)(=O)N1CCNCC1c1cccnc1.Cl. The molecule has 10 heteroatoms. The number of rotatable bonds is 5. The first kappa shape index (κ1) is 21.2. The fraction of sp³-hybridized carbons (Fsp3) is 0.353. The summed E-state index contributed by atoms with van der Waals surface area (Å²) in [5, 5.41) is 14.3. The van der Waals surface area contributed by atoms with Gasteiger partial charge in [-0.3, -0.25) is 15.1 Å². The second-order valence-electron chi connectivity index (χ2n) is 6.02. The van der Waals surface area contributed by atoms with Crippen molar-refractivity contribution >= 4 is 28.1 Å². The number of nitrogens with zero attached hydrogens (tertiary/aromatic N) is 3. The second-order valence-corrected chi connectivity index (χ2v) is 7.88. The molecule has 1 N–H and O–H groups in total. The molecule has 2 aromatic rings. The lowest BCUT2D eigenvalue weighted by Crippen LogP contribution is -2.48. The Labute approximate surface area is 164 Å². The highest BCUT2D eigenvalue weighted by Gasteiger charge is 2.36. The molecule has 1 aliphatic rings. The second kappa shape index (κ2) is 8.75. The minimum atomic E-state index is -3.90. The monoisotopic (exact) mass is 412 g/mol. The standard InChI is InChI=1S/C17H20N4O4S.ClH/c1-2-13-5-6-15(21(22)23)10-17(13)26(24,25)20-9-8-19-12-16(20)14-4-3-7-18-11-14;/h3-7,10-11,16,19H,2,8-9,12H2,1H3;1H. The van der Waals surface area contributed by atoms with Crippen LogP contribution in [0.2, 0.25) is 0 Å². The van der Waals surface area contributed by atoms with Crippen molar-refractivity contribution in [3.8, 4) is 0 Å². The highest BCUT2D eigenvalue weighted by molar-refractivity contribution is 7.89. The molecule has 0 amide bonds. The first-order chi connectivity index (χ1) is 12.4. The number of hydrogen-bond donors (Lipinski definition) is 1. The van der Waals surface area contributed by atoms with Crippen LogP contribution >= 0.6 is 12.4 Å². The van der Waals surface area contributed by atoms with E-state index in [1.165, 1.54) is 16.4 Å². The average Bonchev–Trinajstić information content (AvgIpc) is 2.68. The number of sulfonamides is 1. The summed E-state index contributed by atoms with van der Waals surface area (Å²) in [5.74, 6) is 0. The molecule has 8 nitrogen and oxygen atoms in total. The zero-order chi connectivity index (χ0) is 18.7. The lowest BCUT2D eigenvalue weighted by molar-refractivity contribution is -0.385. The van der Waals surface area contributed by atoms with E-state index >= 15 is 0 Å². The molecule has 0 spiro atoms. The largest absolute Gasteiger partial charge is 0.313 e. The number of piperazine rings is 1. The van der Waals surface area contributed by atoms with Crippen molar-refractivity contribution in [3.05, 3.63) is 64.0 Å². The van der Waals surface area contributed by atoms with Gasteiger partial charge in [0.15, 0.2) is 0 Å². The molecule has 1 atom stereocenters. The molecule has 0 saturated carbocycles. The fourth-order valence-electron chi connectivity index (χ4n) is 3.15. The summed E-state index contributed by atoms with van der Waals surface area (Å²) in [6, 6.07) is 7.21. The lowest BCUT2D eigenvalue weighted by atomic mass is 10.1. The molecule has 146 valence electrons. The van der Waals surface area contributed by atoms with Crippen LogP contribution in [0, 0.1) is 10.1 Å². The predicted molar refractivity (Wildman–Crippen MR) is 103 cm³/mol. The van der Waals surface area contributed by atoms with Gasteiger partial charge in [0.2, 0.25) is 10.0 Å². The van der Waals surface area contributed by atoms with Gasteiger partial charge in [0.05, 0.1) is 15.9 Å². The van der Waals surface area contributed by atoms with Gasteiger partial charge in [-0.2, -0.15) is 4.31 Å². The van der Waals surface area contributed by atoms with Crippen molar-refractivity contribution in [1.82, 2.24) is 14.6 Å². The molecular formula is C17H21ClN4O4S. The van der Waals surface area contributed by atoms with E-state index in [-0.39, 0.29) is 29.5 Å². The van der Waals surface area contributed by atoms with Crippen molar-refractivity contribution in [1.29, 1.82) is 0 Å². The van der Waals surface area contributed by atoms with Crippen LogP contribution in [0.3, 0.4) is 0 Å². The maximum Gasteiger partial charge on any atom is 0.270 e. The Morgan fingerprint density at radius 3 is 2.78 bits per heavy atom. The van der Waals surface area contributed by atoms with Crippen LogP contribution in [0.25, 0.3) is 0 Å². The molecule has 2 heterocycles. The Kier molecular flexibility index (Phi) is 6.88. The van der Waals surface area contributed by atoms with Crippen LogP contribution in [0.5, 0.6) is 0 Å². The summed E-state index contributed by atoms with van der Waals surface area (Å²) in [5.41, 5.74) is 1.12. The number of pyridine rings is 1. The van der Waals surface area contributed by atoms with E-state index in [0.29, 0.717) is 25.1 Å². The Bertz CT molecular complexity index is 908. The summed E-state index contributed by atoms with van der Waals surface area (Å²) in [6.07, 6.45) is 3.75. The highest BCUT2D eigenvalue weighted by Crippen LogP contribution is 2.32. The summed E-state index contributed by atoms with van der Waals surface area (Å²) in [7, 11) is -3.90. The van der Waals surface area contributed by atoms with E-state index in [1.54, 1.807) is 18.5 Å². The first-order valence-electron chi connectivity index (χ1n) is 8.35. The van der Waals surface area contributed by atoms with Crippen molar-refractivity contribution in [2.24, 2.45) is 0 Å². The molecule has 1 unspecified atom stereocenters. The van der Waals surface area contributed by atoms with Gasteiger partial charge in [-0.05, 0) is 23.6 Å². The van der Waals surface area contributed by atoms with Gasteiger partial charge in [0.1, 0.15) is 0 Å². The third-order valence-electron chi connectivity index (χ3n) is 4.49. The van der Waals surface area contributed by atoms with Crippen LogP contribution in [-0.4, -0.2) is 42.3 Å². The zero-order valence-corrected chi connectivity index (χ0v) is 16.4. The van der Waals surface area contributed by atoms with Crippen LogP contribution < -0.4 is 5.32 Å². The summed E-state index contributed by atoms with van der Waals surface area (Å²) >= 11 is 0. The van der Waals surface area contributed by atoms with Gasteiger partial charge < -0.3 is 5.32 Å². The Balaban J connectivity index is 0.00000261. The fourth-order valence-corrected chi connectivity index (χ4v) is 5.07. The van der Waals surface area contributed by atoms with Gasteiger partial charge in [0, 0.05) is 44.2 Å². The summed E-state index contributed by atoms with van der Waals surface area (Å²) in [4.78, 5) is 14.6. The van der Waals surface area contributed by atoms with Crippen molar-refractivity contribution < 1.29 is 13.3 Å². The Morgan fingerprint density at radius 2 is 2.15 bits per heavy atom. The average molecular weight is 413 g/mol. The van der Waals surface area contributed by atoms with Gasteiger partial charge in [-0.25, -0.2) is 8.42 Å². The number of benzene rings is 1. The minimum Gasteiger partial charge on any atom is -0.313 e. The third-order valence-corrected chi connectivity index (χ3v) is 6.48. The van der Waals surface area contributed by atoms with E-state index in [0.717, 1.165) is 11.6 Å². The number of non-ortho nitro benzene ring substituents is 1. The molecule has 27 heavy (non-hydrogen) atoms. The van der Waals surface area contributed by atoms with E-state index in [2.05, 4.69) is 10.3 Å². The lowest BCUT2D eigenvalue weighted by Gasteiger charge is -2.35. The molecule has 1 fully saturated rings. The molecule has 0 radical (unpaired) electrons. The molecule has 1 aromatic heterocycles. The number of nitro groups is 1. The number of hydrogen-bond acceptors (Lipinski definition) is 6. The van der Waals surface area contributed by atoms with Gasteiger partial charge in [-0.15, -0.1) is 12.4 Å². The summed E-state index contributed by atoms with van der Waals surface area (Å²) in [6.45, 7) is 3.10. The maximum atomic E-state index is 13.4. The third kappa shape index (κ3) is 4.27. The van der Waals surface area contributed by atoms with Gasteiger partial charge in [-0.1, -0.05) is 19.1 Å². The summed E-state index contributed by atoms with van der Waals surface area (Å²) < 4.78 is 28.2. The molecule has 1 saturated heterocycles. The first-order valence-corrected chi connectivity index (χ1v) is 9.79. The molecule has 0 aliphatic carbocycles. The minimum absolute atomic E-state index is 0. The van der Waals surface area contributed by atoms with E-state index in [9.17, 15) is 18.5 Å². The number of nitrogens with one attached hydrogen (secondary N) is 1. The van der Waals surface area contributed by atoms with Crippen molar-refractivity contribution in [3.63, 3.8) is 0 Å². The molecule has 0 bridgehead atoms. The molecular weight excluding hydrogens is 392 g/mol. The topological polar surface area (TPSA) is 105 Å². The van der Waals surface area contributed by atoms with E-state index < -0.39 is 21.0 Å². The van der Waals surface area contributed by atoms with E-state index in [4.69, 9.17) is 0 Å². The van der Waals surface area contributed by atoms with Crippen LogP contribution in [0.15, 0.2) is 47.6 Å². The number of nitro benzene ring substituents is 1. The highest BCUT2D eigenvalue weighted by atomic mass is 35.5. The van der Waals surface area contributed by atoms with Crippen LogP contribution in [-0.2, 0) is 16.4 Å². The molecule has 1 aromatic carbocycles. The molecule has 1 aliphatic heterocycles. The van der Waals surface area contributed by atoms with Gasteiger partial charge >= 0.3 is 0 Å². The quantitative estimate of drug-likeness (QED) is 0.596.